The molecule has 0 aromatic heterocycles. The lowest BCUT2D eigenvalue weighted by Crippen LogP contribution is -2.19. The third-order valence-corrected chi connectivity index (χ3v) is 3.53. The third-order valence-electron chi connectivity index (χ3n) is 3.53. The van der Waals surface area contributed by atoms with Gasteiger partial charge in [0.1, 0.15) is 11.6 Å². The van der Waals surface area contributed by atoms with Gasteiger partial charge >= 0.3 is 0 Å². The number of benzene rings is 1. The molecule has 1 aliphatic heterocycles. The van der Waals surface area contributed by atoms with Crippen molar-refractivity contribution in [3.8, 4) is 6.07 Å². The molecular weight excluding hydrogens is 230 g/mol. The van der Waals surface area contributed by atoms with Crippen LogP contribution in [0.2, 0.25) is 0 Å². The topological polar surface area (TPSA) is 70.2 Å². The third kappa shape index (κ3) is 2.28. The van der Waals surface area contributed by atoms with E-state index < -0.39 is 4.92 Å². The van der Waals surface area contributed by atoms with Gasteiger partial charge in [-0.3, -0.25) is 10.1 Å². The van der Waals surface area contributed by atoms with Crippen LogP contribution in [0.5, 0.6) is 0 Å². The second-order valence-electron chi connectivity index (χ2n) is 4.58. The Hall–Kier alpha value is -2.09. The van der Waals surface area contributed by atoms with E-state index in [4.69, 9.17) is 5.26 Å². The van der Waals surface area contributed by atoms with Crippen molar-refractivity contribution in [2.75, 3.05) is 18.0 Å². The summed E-state index contributed by atoms with van der Waals surface area (Å²) in [6, 6.07) is 6.68. The second-order valence-corrected chi connectivity index (χ2v) is 4.58. The fraction of sp³-hybridized carbons (Fsp3) is 0.462. The Morgan fingerprint density at radius 2 is 2.39 bits per heavy atom. The molecule has 0 bridgehead atoms. The molecular formula is C13H15N3O2. The Labute approximate surface area is 106 Å². The lowest BCUT2D eigenvalue weighted by Gasteiger charge is -2.18. The minimum atomic E-state index is -0.513. The van der Waals surface area contributed by atoms with Crippen LogP contribution in [0.25, 0.3) is 0 Å². The van der Waals surface area contributed by atoms with Crippen LogP contribution in [0.15, 0.2) is 18.2 Å². The van der Waals surface area contributed by atoms with Crippen molar-refractivity contribution >= 4 is 11.4 Å². The van der Waals surface area contributed by atoms with E-state index in [9.17, 15) is 10.1 Å². The molecule has 1 saturated heterocycles. The lowest BCUT2D eigenvalue weighted by atomic mass is 10.1. The van der Waals surface area contributed by atoms with E-state index in [0.29, 0.717) is 5.92 Å². The maximum Gasteiger partial charge on any atom is 0.287 e. The Balaban J connectivity index is 2.26. The van der Waals surface area contributed by atoms with E-state index in [1.165, 1.54) is 6.07 Å². The molecule has 0 radical (unpaired) electrons. The Morgan fingerprint density at radius 3 is 2.94 bits per heavy atom. The van der Waals surface area contributed by atoms with E-state index in [-0.39, 0.29) is 11.3 Å². The molecule has 1 unspecified atom stereocenters. The number of nitrogens with zero attached hydrogens (tertiary/aromatic N) is 3. The zero-order chi connectivity index (χ0) is 13.1. The first-order chi connectivity index (χ1) is 8.65. The van der Waals surface area contributed by atoms with Gasteiger partial charge in [0.15, 0.2) is 0 Å². The summed E-state index contributed by atoms with van der Waals surface area (Å²) in [5.41, 5.74) is 0.929. The minimum absolute atomic E-state index is 0.118. The molecule has 94 valence electrons. The number of nitro benzene ring substituents is 1. The largest absolute Gasteiger partial charge is 0.371 e. The number of rotatable bonds is 3. The molecule has 0 spiro atoms. The highest BCUT2D eigenvalue weighted by atomic mass is 16.6. The summed E-state index contributed by atoms with van der Waals surface area (Å²) < 4.78 is 0. The summed E-state index contributed by atoms with van der Waals surface area (Å²) in [7, 11) is 0. The normalized spacial score (nSPS) is 18.7. The summed E-state index contributed by atoms with van der Waals surface area (Å²) in [5.74, 6) is 0.686. The fourth-order valence-electron chi connectivity index (χ4n) is 2.37. The van der Waals surface area contributed by atoms with Gasteiger partial charge in [-0.25, -0.2) is 0 Å². The zero-order valence-corrected chi connectivity index (χ0v) is 10.3. The first-order valence-electron chi connectivity index (χ1n) is 6.09. The Morgan fingerprint density at radius 1 is 1.61 bits per heavy atom. The molecule has 0 aliphatic carbocycles. The van der Waals surface area contributed by atoms with E-state index in [1.807, 2.05) is 6.07 Å². The van der Waals surface area contributed by atoms with E-state index in [0.717, 1.165) is 31.6 Å². The molecule has 1 aromatic rings. The summed E-state index contributed by atoms with van der Waals surface area (Å²) in [6.07, 6.45) is 2.30. The number of hydrogen-bond acceptors (Lipinski definition) is 4. The number of hydrogen-bond donors (Lipinski definition) is 0. The van der Waals surface area contributed by atoms with Crippen LogP contribution in [-0.2, 0) is 0 Å². The zero-order valence-electron chi connectivity index (χ0n) is 10.3. The second kappa shape index (κ2) is 5.05. The van der Waals surface area contributed by atoms with Crippen LogP contribution in [0.4, 0.5) is 11.4 Å². The van der Waals surface area contributed by atoms with Crippen molar-refractivity contribution in [3.63, 3.8) is 0 Å². The Kier molecular flexibility index (Phi) is 3.47. The minimum Gasteiger partial charge on any atom is -0.371 e. The first kappa shape index (κ1) is 12.4. The number of nitriles is 1. The number of anilines is 1. The summed E-state index contributed by atoms with van der Waals surface area (Å²) in [4.78, 5) is 12.4. The molecule has 0 saturated carbocycles. The van der Waals surface area contributed by atoms with Gasteiger partial charge in [0.25, 0.3) is 5.69 Å². The van der Waals surface area contributed by atoms with Crippen molar-refractivity contribution in [2.24, 2.45) is 5.92 Å². The van der Waals surface area contributed by atoms with Crippen molar-refractivity contribution in [1.82, 2.24) is 0 Å². The highest BCUT2D eigenvalue weighted by Gasteiger charge is 2.23. The molecule has 0 amide bonds. The summed E-state index contributed by atoms with van der Waals surface area (Å²) in [5, 5.41) is 19.7. The maximum atomic E-state index is 10.8. The SMILES string of the molecule is CCC1CCN(c2ccc([N+](=O)[O-])c(C#N)c2)C1. The predicted molar refractivity (Wildman–Crippen MR) is 68.4 cm³/mol. The number of nitro groups is 1. The van der Waals surface area contributed by atoms with Gasteiger partial charge in [-0.15, -0.1) is 0 Å². The van der Waals surface area contributed by atoms with Crippen LogP contribution in [0, 0.1) is 27.4 Å². The fourth-order valence-corrected chi connectivity index (χ4v) is 2.37. The van der Waals surface area contributed by atoms with Crippen LogP contribution < -0.4 is 4.90 Å². The maximum absolute atomic E-state index is 10.8. The van der Waals surface area contributed by atoms with Gasteiger partial charge in [0.2, 0.25) is 0 Å². The predicted octanol–water partition coefficient (Wildman–Crippen LogP) is 2.70. The average Bonchev–Trinajstić information content (AvgIpc) is 2.86. The molecule has 5 nitrogen and oxygen atoms in total. The molecule has 1 heterocycles. The van der Waals surface area contributed by atoms with Crippen molar-refractivity contribution in [1.29, 1.82) is 5.26 Å². The highest BCUT2D eigenvalue weighted by molar-refractivity contribution is 5.60. The smallest absolute Gasteiger partial charge is 0.287 e. The average molecular weight is 245 g/mol. The summed E-state index contributed by atoms with van der Waals surface area (Å²) in [6.45, 7) is 4.10. The van der Waals surface area contributed by atoms with Crippen LogP contribution in [0.1, 0.15) is 25.3 Å². The lowest BCUT2D eigenvalue weighted by molar-refractivity contribution is -0.385. The van der Waals surface area contributed by atoms with Gasteiger partial charge in [-0.1, -0.05) is 13.3 Å². The van der Waals surface area contributed by atoms with E-state index in [1.54, 1.807) is 12.1 Å². The van der Waals surface area contributed by atoms with Crippen molar-refractivity contribution < 1.29 is 4.92 Å². The Bertz CT molecular complexity index is 507. The molecule has 1 aromatic carbocycles. The van der Waals surface area contributed by atoms with Gasteiger partial charge in [-0.2, -0.15) is 5.26 Å². The molecule has 1 atom stereocenters. The molecule has 2 rings (SSSR count). The first-order valence-corrected chi connectivity index (χ1v) is 6.09. The van der Waals surface area contributed by atoms with Crippen LogP contribution >= 0.6 is 0 Å². The van der Waals surface area contributed by atoms with Crippen molar-refractivity contribution in [2.45, 2.75) is 19.8 Å². The van der Waals surface area contributed by atoms with E-state index >= 15 is 0 Å². The monoisotopic (exact) mass is 245 g/mol. The van der Waals surface area contributed by atoms with Crippen LogP contribution in [-0.4, -0.2) is 18.0 Å². The molecule has 1 fully saturated rings. The quantitative estimate of drug-likeness (QED) is 0.606. The van der Waals surface area contributed by atoms with Crippen molar-refractivity contribution in [3.05, 3.63) is 33.9 Å². The molecule has 1 aliphatic rings. The highest BCUT2D eigenvalue weighted by Crippen LogP contribution is 2.29. The van der Waals surface area contributed by atoms with Gasteiger partial charge in [-0.05, 0) is 24.5 Å². The van der Waals surface area contributed by atoms with Gasteiger partial charge in [0.05, 0.1) is 4.92 Å². The van der Waals surface area contributed by atoms with E-state index in [2.05, 4.69) is 11.8 Å². The summed E-state index contributed by atoms with van der Waals surface area (Å²) >= 11 is 0. The molecule has 0 N–H and O–H groups in total. The molecule has 5 heteroatoms. The van der Waals surface area contributed by atoms with Gasteiger partial charge < -0.3 is 4.90 Å². The van der Waals surface area contributed by atoms with Gasteiger partial charge in [0, 0.05) is 24.8 Å². The molecule has 18 heavy (non-hydrogen) atoms. The standard InChI is InChI=1S/C13H15N3O2/c1-2-10-5-6-15(9-10)12-3-4-13(16(17)18)11(7-12)8-14/h3-4,7,10H,2,5-6,9H2,1H3. The van der Waals surface area contributed by atoms with Crippen LogP contribution in [0.3, 0.4) is 0 Å².